The molecule has 0 radical (unpaired) electrons. The van der Waals surface area contributed by atoms with Gasteiger partial charge in [-0.1, -0.05) is 5.16 Å². The normalized spacial score (nSPS) is 15.7. The van der Waals surface area contributed by atoms with Crippen molar-refractivity contribution in [3.05, 3.63) is 29.6 Å². The molecule has 0 fully saturated rings. The minimum absolute atomic E-state index is 0.267. The number of fused-ring (bicyclic) bond motifs is 1. The summed E-state index contributed by atoms with van der Waals surface area (Å²) in [6, 6.07) is 5.82. The van der Waals surface area contributed by atoms with Crippen molar-refractivity contribution in [1.29, 1.82) is 0 Å². The lowest BCUT2D eigenvalue weighted by Gasteiger charge is -2.16. The molecule has 7 nitrogen and oxygen atoms in total. The fourth-order valence-corrected chi connectivity index (χ4v) is 3.64. The molecule has 0 saturated carbocycles. The van der Waals surface area contributed by atoms with Crippen LogP contribution < -0.4 is 9.62 Å². The van der Waals surface area contributed by atoms with Crippen molar-refractivity contribution in [2.24, 2.45) is 0 Å². The zero-order valence-corrected chi connectivity index (χ0v) is 14.2. The first-order valence-corrected chi connectivity index (χ1v) is 9.34. The average Bonchev–Trinajstić information content (AvgIpc) is 3.12. The van der Waals surface area contributed by atoms with Gasteiger partial charge < -0.3 is 9.84 Å². The van der Waals surface area contributed by atoms with Gasteiger partial charge in [-0.25, -0.2) is 8.42 Å². The van der Waals surface area contributed by atoms with Crippen LogP contribution in [0.4, 0.5) is 5.69 Å². The van der Waals surface area contributed by atoms with Crippen LogP contribution in [0.25, 0.3) is 11.5 Å². The summed E-state index contributed by atoms with van der Waals surface area (Å²) < 4.78 is 30.3. The minimum atomic E-state index is -3.23. The van der Waals surface area contributed by atoms with Crippen LogP contribution in [0.2, 0.25) is 0 Å². The highest BCUT2D eigenvalue weighted by Crippen LogP contribution is 2.33. The molecular weight excluding hydrogens is 316 g/mol. The van der Waals surface area contributed by atoms with Crippen LogP contribution in [0.3, 0.4) is 0 Å². The summed E-state index contributed by atoms with van der Waals surface area (Å²) in [7, 11) is -1.34. The number of benzene rings is 1. The van der Waals surface area contributed by atoms with E-state index in [1.165, 1.54) is 10.6 Å². The molecule has 0 amide bonds. The van der Waals surface area contributed by atoms with Gasteiger partial charge in [0.15, 0.2) is 5.82 Å². The van der Waals surface area contributed by atoms with Crippen LogP contribution in [0.5, 0.6) is 0 Å². The van der Waals surface area contributed by atoms with Gasteiger partial charge in [0, 0.05) is 24.6 Å². The van der Waals surface area contributed by atoms with E-state index in [9.17, 15) is 8.42 Å². The van der Waals surface area contributed by atoms with E-state index in [1.54, 1.807) is 6.07 Å². The number of sulfonamides is 1. The Balaban J connectivity index is 1.86. The lowest BCUT2D eigenvalue weighted by Crippen LogP contribution is -2.27. The highest BCUT2D eigenvalue weighted by molar-refractivity contribution is 7.92. The fourth-order valence-electron chi connectivity index (χ4n) is 2.68. The lowest BCUT2D eigenvalue weighted by atomic mass is 10.1. The molecule has 1 aromatic carbocycles. The Bertz CT molecular complexity index is 816. The van der Waals surface area contributed by atoms with Gasteiger partial charge in [-0.05, 0) is 44.2 Å². The van der Waals surface area contributed by atoms with Crippen LogP contribution in [0.15, 0.2) is 22.7 Å². The largest absolute Gasteiger partial charge is 0.334 e. The monoisotopic (exact) mass is 336 g/mol. The van der Waals surface area contributed by atoms with Gasteiger partial charge in [-0.2, -0.15) is 4.98 Å². The first-order chi connectivity index (χ1) is 10.9. The maximum atomic E-state index is 11.8. The highest BCUT2D eigenvalue weighted by atomic mass is 32.2. The van der Waals surface area contributed by atoms with E-state index in [1.807, 2.05) is 26.1 Å². The molecule has 0 aliphatic carbocycles. The van der Waals surface area contributed by atoms with Gasteiger partial charge in [0.2, 0.25) is 10.0 Å². The summed E-state index contributed by atoms with van der Waals surface area (Å²) in [6.07, 6.45) is 2.60. The van der Waals surface area contributed by atoms with Gasteiger partial charge in [0.05, 0.1) is 11.9 Å². The molecule has 0 saturated heterocycles. The van der Waals surface area contributed by atoms with Crippen LogP contribution in [-0.2, 0) is 22.9 Å². The minimum Gasteiger partial charge on any atom is -0.334 e. The summed E-state index contributed by atoms with van der Waals surface area (Å²) in [5.41, 5.74) is 2.53. The number of hydrogen-bond donors (Lipinski definition) is 1. The molecular formula is C15H20N4O3S. The van der Waals surface area contributed by atoms with Crippen LogP contribution in [0.1, 0.15) is 18.3 Å². The number of likely N-dealkylation sites (N-methyl/N-ethyl adjacent to an activating group) is 1. The predicted molar refractivity (Wildman–Crippen MR) is 87.9 cm³/mol. The topological polar surface area (TPSA) is 88.3 Å². The van der Waals surface area contributed by atoms with E-state index in [-0.39, 0.29) is 6.04 Å². The molecule has 124 valence electrons. The molecule has 0 spiro atoms. The molecule has 23 heavy (non-hydrogen) atoms. The van der Waals surface area contributed by atoms with E-state index in [0.717, 1.165) is 16.8 Å². The molecule has 1 atom stereocenters. The van der Waals surface area contributed by atoms with E-state index >= 15 is 0 Å². The number of hydrogen-bond acceptors (Lipinski definition) is 6. The highest BCUT2D eigenvalue weighted by Gasteiger charge is 2.26. The molecule has 2 heterocycles. The second-order valence-electron chi connectivity index (χ2n) is 5.84. The first-order valence-electron chi connectivity index (χ1n) is 7.49. The fraction of sp³-hybridized carbons (Fsp3) is 0.467. The molecule has 1 aromatic heterocycles. The van der Waals surface area contributed by atoms with E-state index < -0.39 is 10.0 Å². The second-order valence-corrected chi connectivity index (χ2v) is 7.75. The van der Waals surface area contributed by atoms with Crippen molar-refractivity contribution in [2.75, 3.05) is 24.2 Å². The lowest BCUT2D eigenvalue weighted by molar-refractivity contribution is 0.418. The summed E-state index contributed by atoms with van der Waals surface area (Å²) in [6.45, 7) is 2.53. The third kappa shape index (κ3) is 3.23. The summed E-state index contributed by atoms with van der Waals surface area (Å²) >= 11 is 0. The molecule has 1 aliphatic heterocycles. The zero-order chi connectivity index (χ0) is 16.6. The zero-order valence-electron chi connectivity index (χ0n) is 13.4. The van der Waals surface area contributed by atoms with Gasteiger partial charge >= 0.3 is 0 Å². The third-order valence-corrected chi connectivity index (χ3v) is 5.21. The van der Waals surface area contributed by atoms with Gasteiger partial charge in [-0.3, -0.25) is 4.31 Å². The maximum Gasteiger partial charge on any atom is 0.257 e. The van der Waals surface area contributed by atoms with Gasteiger partial charge in [0.1, 0.15) is 0 Å². The van der Waals surface area contributed by atoms with Crippen molar-refractivity contribution in [2.45, 2.75) is 25.8 Å². The molecule has 1 aliphatic rings. The smallest absolute Gasteiger partial charge is 0.257 e. The molecule has 3 rings (SSSR count). The predicted octanol–water partition coefficient (Wildman–Crippen LogP) is 1.21. The molecule has 8 heteroatoms. The van der Waals surface area contributed by atoms with E-state index in [0.29, 0.717) is 31.1 Å². The molecule has 1 unspecified atom stereocenters. The Hall–Kier alpha value is -1.93. The number of aromatic nitrogens is 2. The van der Waals surface area contributed by atoms with Gasteiger partial charge in [0.25, 0.3) is 5.89 Å². The van der Waals surface area contributed by atoms with Crippen molar-refractivity contribution in [1.82, 2.24) is 15.5 Å². The van der Waals surface area contributed by atoms with Crippen molar-refractivity contribution < 1.29 is 12.9 Å². The van der Waals surface area contributed by atoms with Gasteiger partial charge in [-0.15, -0.1) is 0 Å². The summed E-state index contributed by atoms with van der Waals surface area (Å²) in [5.74, 6) is 1.11. The Labute approximate surface area is 135 Å². The number of nitrogens with one attached hydrogen (secondary N) is 1. The number of nitrogens with zero attached hydrogens (tertiary/aromatic N) is 3. The van der Waals surface area contributed by atoms with Crippen molar-refractivity contribution in [3.63, 3.8) is 0 Å². The molecule has 2 aromatic rings. The number of anilines is 1. The van der Waals surface area contributed by atoms with Crippen LogP contribution >= 0.6 is 0 Å². The Morgan fingerprint density at radius 2 is 2.22 bits per heavy atom. The second kappa shape index (κ2) is 5.93. The van der Waals surface area contributed by atoms with Crippen LogP contribution in [0, 0.1) is 0 Å². The maximum absolute atomic E-state index is 11.8. The average molecular weight is 336 g/mol. The quantitative estimate of drug-likeness (QED) is 0.883. The standard InChI is InChI=1S/C15H20N4O3S/c1-10(16-2)8-14-17-15(22-18-14)12-4-5-13-11(9-12)6-7-19(13)23(3,20)21/h4-5,9-10,16H,6-8H2,1-3H3. The van der Waals surface area contributed by atoms with Crippen molar-refractivity contribution >= 4 is 15.7 Å². The van der Waals surface area contributed by atoms with E-state index in [4.69, 9.17) is 4.52 Å². The first kappa shape index (κ1) is 15.9. The summed E-state index contributed by atoms with van der Waals surface area (Å²) in [4.78, 5) is 4.41. The Morgan fingerprint density at radius 1 is 1.43 bits per heavy atom. The summed E-state index contributed by atoms with van der Waals surface area (Å²) in [5, 5.41) is 7.13. The van der Waals surface area contributed by atoms with Crippen LogP contribution in [-0.4, -0.2) is 44.4 Å². The SMILES string of the molecule is CNC(C)Cc1noc(-c2ccc3c(c2)CCN3S(C)(=O)=O)n1. The molecule has 1 N–H and O–H groups in total. The van der Waals surface area contributed by atoms with E-state index in [2.05, 4.69) is 15.5 Å². The Morgan fingerprint density at radius 3 is 2.91 bits per heavy atom. The number of rotatable bonds is 5. The Kier molecular flexibility index (Phi) is 4.11. The third-order valence-electron chi connectivity index (χ3n) is 4.03. The molecule has 0 bridgehead atoms. The van der Waals surface area contributed by atoms with Crippen molar-refractivity contribution in [3.8, 4) is 11.5 Å².